The lowest BCUT2D eigenvalue weighted by molar-refractivity contribution is -0.897. The molecule has 7 nitrogen and oxygen atoms in total. The molecule has 2 heterocycles. The van der Waals surface area contributed by atoms with Gasteiger partial charge < -0.3 is 13.1 Å². The van der Waals surface area contributed by atoms with Crippen LogP contribution in [0.3, 0.4) is 0 Å². The summed E-state index contributed by atoms with van der Waals surface area (Å²) < 4.78 is 112. The Bertz CT molecular complexity index is 751. The monoisotopic (exact) mass is 564 g/mol. The minimum absolute atomic E-state index is 0.778. The third-order valence-electron chi connectivity index (χ3n) is 6.18. The van der Waals surface area contributed by atoms with Crippen LogP contribution in [0.25, 0.3) is 4.13 Å². The van der Waals surface area contributed by atoms with Crippen LogP contribution in [0.15, 0.2) is 0 Å². The molecule has 2 aliphatic rings. The van der Waals surface area contributed by atoms with Crippen LogP contribution >= 0.6 is 0 Å². The Morgan fingerprint density at radius 3 is 1.09 bits per heavy atom. The molecule has 0 aromatic rings. The molecule has 35 heavy (non-hydrogen) atoms. The summed E-state index contributed by atoms with van der Waals surface area (Å²) in [5.74, 6) is 0. The number of sulfonamides is 2. The van der Waals surface area contributed by atoms with Crippen molar-refractivity contribution in [2.24, 2.45) is 0 Å². The highest BCUT2D eigenvalue weighted by molar-refractivity contribution is 8.13. The molecular formula is C20H40F6N3O4S2+. The van der Waals surface area contributed by atoms with E-state index in [-0.39, 0.29) is 0 Å². The van der Waals surface area contributed by atoms with E-state index in [4.69, 9.17) is 0 Å². The van der Waals surface area contributed by atoms with Gasteiger partial charge in [-0.25, -0.2) is 16.8 Å². The molecule has 0 N–H and O–H groups in total. The SMILES string of the molecule is CCCC[N+]1(C)CCCC1.CCCC[N+]1(C)CCCC1.O=S(=O)([N-]S(=O)(=O)C(F)(F)F)C(F)(F)F. The maximum atomic E-state index is 11.4. The topological polar surface area (TPSA) is 82.4 Å². The fourth-order valence-corrected chi connectivity index (χ4v) is 5.65. The highest BCUT2D eigenvalue weighted by atomic mass is 32.3. The summed E-state index contributed by atoms with van der Waals surface area (Å²) in [6, 6.07) is 0. The first kappa shape index (κ1) is 34.4. The van der Waals surface area contributed by atoms with Crippen LogP contribution < -0.4 is 0 Å². The van der Waals surface area contributed by atoms with E-state index in [1.807, 2.05) is 0 Å². The molecule has 0 aliphatic carbocycles. The van der Waals surface area contributed by atoms with Gasteiger partial charge in [0.2, 0.25) is 0 Å². The Hall–Kier alpha value is -0.640. The molecule has 0 aromatic heterocycles. The van der Waals surface area contributed by atoms with Gasteiger partial charge in [0.25, 0.3) is 0 Å². The standard InChI is InChI=1S/2C9H20N.C2F6NO4S2/c2*1-3-4-7-10(2)8-5-6-9-10;3-1(4,5)14(10,11)9-15(12,13)2(6,7)8/h2*3-9H2,1-2H3;/q2*+1;-1. The van der Waals surface area contributed by atoms with Gasteiger partial charge in [-0.3, -0.25) is 0 Å². The summed E-state index contributed by atoms with van der Waals surface area (Å²) >= 11 is 0. The minimum atomic E-state index is -6.72. The lowest BCUT2D eigenvalue weighted by Gasteiger charge is -2.28. The number of nitrogens with zero attached hydrogens (tertiary/aromatic N) is 3. The number of likely N-dealkylation sites (tertiary alicyclic amines) is 2. The minimum Gasteiger partial charge on any atom is -0.421 e. The number of halogens is 6. The summed E-state index contributed by atoms with van der Waals surface area (Å²) in [6.45, 7) is 13.1. The van der Waals surface area contributed by atoms with Gasteiger partial charge in [0.05, 0.1) is 53.4 Å². The number of quaternary nitrogens is 2. The van der Waals surface area contributed by atoms with Crippen molar-refractivity contribution in [3.05, 3.63) is 4.13 Å². The molecule has 2 saturated heterocycles. The normalized spacial score (nSPS) is 19.9. The number of rotatable bonds is 8. The molecule has 2 fully saturated rings. The summed E-state index contributed by atoms with van der Waals surface area (Å²) in [5, 5.41) is 0. The van der Waals surface area contributed by atoms with Gasteiger partial charge in [-0.2, -0.15) is 26.3 Å². The molecule has 15 heteroatoms. The van der Waals surface area contributed by atoms with Crippen molar-refractivity contribution >= 4 is 20.0 Å². The van der Waals surface area contributed by atoms with Crippen molar-refractivity contribution < 1.29 is 52.1 Å². The largest absolute Gasteiger partial charge is 0.480 e. The van der Waals surface area contributed by atoms with Crippen LogP contribution in [-0.2, 0) is 20.0 Å². The first-order chi connectivity index (χ1) is 15.7. The van der Waals surface area contributed by atoms with Crippen molar-refractivity contribution in [1.29, 1.82) is 0 Å². The molecule has 0 aromatic carbocycles. The smallest absolute Gasteiger partial charge is 0.421 e. The Morgan fingerprint density at radius 2 is 0.886 bits per heavy atom. The number of unbranched alkanes of at least 4 members (excludes halogenated alkanes) is 2. The Kier molecular flexibility index (Phi) is 13.5. The Labute approximate surface area is 206 Å². The average molecular weight is 565 g/mol. The second-order valence-electron chi connectivity index (χ2n) is 9.62. The van der Waals surface area contributed by atoms with E-state index >= 15 is 0 Å². The van der Waals surface area contributed by atoms with Gasteiger partial charge in [0.1, 0.15) is 0 Å². The second-order valence-corrected chi connectivity index (χ2v) is 13.0. The van der Waals surface area contributed by atoms with Crippen LogP contribution in [0.1, 0.15) is 65.2 Å². The lowest BCUT2D eigenvalue weighted by Crippen LogP contribution is -2.41. The molecule has 212 valence electrons. The third kappa shape index (κ3) is 12.4. The number of alkyl halides is 6. The molecule has 0 amide bonds. The number of hydrogen-bond donors (Lipinski definition) is 0. The third-order valence-corrected chi connectivity index (χ3v) is 8.92. The van der Waals surface area contributed by atoms with Gasteiger partial charge >= 0.3 is 11.0 Å². The summed E-state index contributed by atoms with van der Waals surface area (Å²) in [4.78, 5) is 0. The van der Waals surface area contributed by atoms with E-state index < -0.39 is 31.1 Å². The van der Waals surface area contributed by atoms with E-state index in [0.29, 0.717) is 0 Å². The fourth-order valence-electron chi connectivity index (χ4n) is 3.94. The quantitative estimate of drug-likeness (QED) is 0.303. The molecule has 0 bridgehead atoms. The zero-order valence-corrected chi connectivity index (χ0v) is 22.6. The van der Waals surface area contributed by atoms with Gasteiger partial charge in [-0.15, -0.1) is 0 Å². The van der Waals surface area contributed by atoms with Crippen LogP contribution in [0.5, 0.6) is 0 Å². The Balaban J connectivity index is 0.000000510. The molecule has 0 spiro atoms. The highest BCUT2D eigenvalue weighted by Crippen LogP contribution is 2.36. The first-order valence-electron chi connectivity index (χ1n) is 11.8. The molecule has 0 radical (unpaired) electrons. The van der Waals surface area contributed by atoms with Crippen LogP contribution in [-0.4, -0.2) is 90.2 Å². The zero-order chi connectivity index (χ0) is 27.6. The van der Waals surface area contributed by atoms with Crippen LogP contribution in [0.4, 0.5) is 26.3 Å². The fraction of sp³-hybridized carbons (Fsp3) is 1.00. The molecule has 0 atom stereocenters. The lowest BCUT2D eigenvalue weighted by atomic mass is 10.3. The van der Waals surface area contributed by atoms with Gasteiger partial charge in [0, 0.05) is 25.7 Å². The van der Waals surface area contributed by atoms with Crippen molar-refractivity contribution in [1.82, 2.24) is 0 Å². The van der Waals surface area contributed by atoms with Gasteiger partial charge in [0.15, 0.2) is 20.0 Å². The molecule has 2 aliphatic heterocycles. The van der Waals surface area contributed by atoms with Gasteiger partial charge in [-0.05, 0) is 12.8 Å². The van der Waals surface area contributed by atoms with E-state index in [0.717, 1.165) is 4.13 Å². The van der Waals surface area contributed by atoms with Crippen molar-refractivity contribution in [2.45, 2.75) is 76.2 Å². The summed E-state index contributed by atoms with van der Waals surface area (Å²) in [6.07, 6.45) is 11.4. The zero-order valence-electron chi connectivity index (χ0n) is 21.0. The van der Waals surface area contributed by atoms with Crippen LogP contribution in [0, 0.1) is 0 Å². The molecular weight excluding hydrogens is 524 g/mol. The maximum Gasteiger partial charge on any atom is 0.480 e. The first-order valence-corrected chi connectivity index (χ1v) is 14.7. The molecule has 0 unspecified atom stereocenters. The molecule has 2 rings (SSSR count). The Morgan fingerprint density at radius 1 is 0.629 bits per heavy atom. The van der Waals surface area contributed by atoms with E-state index in [1.54, 1.807) is 0 Å². The predicted octanol–water partition coefficient (Wildman–Crippen LogP) is 5.11. The predicted molar refractivity (Wildman–Crippen MR) is 123 cm³/mol. The molecule has 0 saturated carbocycles. The second kappa shape index (κ2) is 13.8. The highest BCUT2D eigenvalue weighted by Gasteiger charge is 2.47. The average Bonchev–Trinajstić information content (AvgIpc) is 3.33. The van der Waals surface area contributed by atoms with E-state index in [2.05, 4.69) is 27.9 Å². The summed E-state index contributed by atoms with van der Waals surface area (Å²) in [7, 11) is -8.63. The van der Waals surface area contributed by atoms with E-state index in [1.165, 1.54) is 99.6 Å². The van der Waals surface area contributed by atoms with Gasteiger partial charge in [-0.1, -0.05) is 26.7 Å². The maximum absolute atomic E-state index is 11.4. The van der Waals surface area contributed by atoms with Crippen molar-refractivity contribution in [2.75, 3.05) is 53.4 Å². The van der Waals surface area contributed by atoms with Crippen molar-refractivity contribution in [3.63, 3.8) is 0 Å². The van der Waals surface area contributed by atoms with Crippen LogP contribution in [0.2, 0.25) is 0 Å². The summed E-state index contributed by atoms with van der Waals surface area (Å²) in [5.41, 5.74) is -12.4. The van der Waals surface area contributed by atoms with Crippen molar-refractivity contribution in [3.8, 4) is 0 Å². The number of hydrogen-bond acceptors (Lipinski definition) is 4. The van der Waals surface area contributed by atoms with E-state index in [9.17, 15) is 43.2 Å².